The molecular formula is C14H16BrN3O. The lowest BCUT2D eigenvalue weighted by Gasteiger charge is -2.46. The van der Waals surface area contributed by atoms with Gasteiger partial charge in [-0.1, -0.05) is 28.1 Å². The molecule has 3 rings (SSSR count). The van der Waals surface area contributed by atoms with E-state index in [4.69, 9.17) is 8.85 Å². The quantitative estimate of drug-likeness (QED) is 0.871. The normalized spacial score (nSPS) is 29.2. The highest BCUT2D eigenvalue weighted by Gasteiger charge is 2.50. The number of rotatable bonds is 3. The van der Waals surface area contributed by atoms with Gasteiger partial charge in [0.15, 0.2) is 0 Å². The molecule has 0 aliphatic heterocycles. The Morgan fingerprint density at radius 3 is 3.00 bits per heavy atom. The fourth-order valence-electron chi connectivity index (χ4n) is 2.85. The van der Waals surface area contributed by atoms with E-state index in [-0.39, 0.29) is 11.5 Å². The lowest BCUT2D eigenvalue weighted by Crippen LogP contribution is -2.48. The molecule has 1 aliphatic carbocycles. The lowest BCUT2D eigenvalue weighted by atomic mass is 9.62. The Bertz CT molecular complexity index is 680. The highest BCUT2D eigenvalue weighted by molar-refractivity contribution is 9.10. The smallest absolute Gasteiger partial charge is 0.143 e. The highest BCUT2D eigenvalue weighted by Crippen LogP contribution is 2.49. The van der Waals surface area contributed by atoms with Crippen LogP contribution < -0.4 is 0 Å². The SMILES string of the molecule is [2H]C([2H])([2H])OC1CC(c2cccc(Br)c2)(c2nncn2C)C1. The molecule has 1 heterocycles. The van der Waals surface area contributed by atoms with E-state index in [9.17, 15) is 0 Å². The summed E-state index contributed by atoms with van der Waals surface area (Å²) in [6, 6.07) is 8.00. The largest absolute Gasteiger partial charge is 0.381 e. The summed E-state index contributed by atoms with van der Waals surface area (Å²) in [4.78, 5) is 0. The number of aromatic nitrogens is 3. The Labute approximate surface area is 125 Å². The molecule has 0 atom stereocenters. The van der Waals surface area contributed by atoms with Crippen molar-refractivity contribution in [1.82, 2.24) is 14.8 Å². The van der Waals surface area contributed by atoms with E-state index in [0.717, 1.165) is 15.9 Å². The van der Waals surface area contributed by atoms with E-state index in [0.29, 0.717) is 12.8 Å². The zero-order chi connectivity index (χ0) is 16.0. The maximum atomic E-state index is 7.25. The minimum absolute atomic E-state index is 0.303. The number of halogens is 1. The molecular weight excluding hydrogens is 306 g/mol. The molecule has 1 aliphatic rings. The zero-order valence-electron chi connectivity index (χ0n) is 13.5. The van der Waals surface area contributed by atoms with Crippen molar-refractivity contribution in [2.75, 3.05) is 7.04 Å². The molecule has 0 saturated heterocycles. The fourth-order valence-corrected chi connectivity index (χ4v) is 3.25. The maximum Gasteiger partial charge on any atom is 0.143 e. The highest BCUT2D eigenvalue weighted by atomic mass is 79.9. The van der Waals surface area contributed by atoms with Crippen molar-refractivity contribution in [3.63, 3.8) is 0 Å². The van der Waals surface area contributed by atoms with Gasteiger partial charge in [0.2, 0.25) is 0 Å². The minimum atomic E-state index is -2.37. The lowest BCUT2D eigenvalue weighted by molar-refractivity contribution is -0.00698. The number of hydrogen-bond acceptors (Lipinski definition) is 3. The molecule has 19 heavy (non-hydrogen) atoms. The Hall–Kier alpha value is -1.20. The van der Waals surface area contributed by atoms with Gasteiger partial charge in [-0.25, -0.2) is 0 Å². The minimum Gasteiger partial charge on any atom is -0.381 e. The van der Waals surface area contributed by atoms with Crippen molar-refractivity contribution >= 4 is 15.9 Å². The Morgan fingerprint density at radius 1 is 1.53 bits per heavy atom. The summed E-state index contributed by atoms with van der Waals surface area (Å²) < 4.78 is 29.8. The molecule has 0 amide bonds. The molecule has 1 saturated carbocycles. The maximum absolute atomic E-state index is 7.25. The second-order valence-corrected chi connectivity index (χ2v) is 5.92. The van der Waals surface area contributed by atoms with Crippen LogP contribution in [0.1, 0.15) is 28.3 Å². The third-order valence-corrected chi connectivity index (χ3v) is 4.33. The Kier molecular flexibility index (Phi) is 2.40. The number of hydrogen-bond donors (Lipinski definition) is 0. The van der Waals surface area contributed by atoms with Crippen LogP contribution >= 0.6 is 15.9 Å². The summed E-state index contributed by atoms with van der Waals surface area (Å²) in [5.74, 6) is 0.830. The van der Waals surface area contributed by atoms with Gasteiger partial charge in [0.25, 0.3) is 0 Å². The average Bonchev–Trinajstić information content (AvgIpc) is 2.78. The molecule has 1 aromatic carbocycles. The van der Waals surface area contributed by atoms with Crippen molar-refractivity contribution in [3.8, 4) is 0 Å². The average molecular weight is 325 g/mol. The van der Waals surface area contributed by atoms with E-state index in [2.05, 4.69) is 26.1 Å². The van der Waals surface area contributed by atoms with Gasteiger partial charge in [-0.3, -0.25) is 0 Å². The van der Waals surface area contributed by atoms with Crippen LogP contribution in [0.2, 0.25) is 0 Å². The van der Waals surface area contributed by atoms with Crippen LogP contribution in [0.5, 0.6) is 0 Å². The molecule has 5 heteroatoms. The molecule has 0 bridgehead atoms. The number of benzene rings is 1. The zero-order valence-corrected chi connectivity index (χ0v) is 12.1. The van der Waals surface area contributed by atoms with E-state index < -0.39 is 7.04 Å². The molecule has 1 fully saturated rings. The second-order valence-electron chi connectivity index (χ2n) is 5.01. The van der Waals surface area contributed by atoms with Crippen LogP contribution in [0.15, 0.2) is 35.1 Å². The summed E-state index contributed by atoms with van der Waals surface area (Å²) in [6.07, 6.45) is 2.51. The molecule has 1 aromatic heterocycles. The predicted octanol–water partition coefficient (Wildman–Crippen LogP) is 2.67. The number of aryl methyl sites for hydroxylation is 1. The van der Waals surface area contributed by atoms with Crippen LogP contribution in [0.4, 0.5) is 0 Å². The van der Waals surface area contributed by atoms with Crippen molar-refractivity contribution in [1.29, 1.82) is 0 Å². The summed E-state index contributed by atoms with van der Waals surface area (Å²) in [7, 11) is -0.471. The van der Waals surface area contributed by atoms with Gasteiger partial charge in [0.1, 0.15) is 12.2 Å². The molecule has 0 spiro atoms. The molecule has 4 nitrogen and oxygen atoms in total. The van der Waals surface area contributed by atoms with E-state index in [1.54, 1.807) is 6.33 Å². The number of methoxy groups -OCH3 is 1. The van der Waals surface area contributed by atoms with Gasteiger partial charge in [0.05, 0.1) is 15.6 Å². The Balaban J connectivity index is 1.95. The monoisotopic (exact) mass is 324 g/mol. The van der Waals surface area contributed by atoms with Crippen LogP contribution in [0.3, 0.4) is 0 Å². The van der Waals surface area contributed by atoms with E-state index in [1.165, 1.54) is 0 Å². The molecule has 0 N–H and O–H groups in total. The second kappa shape index (κ2) is 4.72. The van der Waals surface area contributed by atoms with Crippen LogP contribution in [0, 0.1) is 0 Å². The topological polar surface area (TPSA) is 39.9 Å². The van der Waals surface area contributed by atoms with Gasteiger partial charge >= 0.3 is 0 Å². The first-order valence-corrected chi connectivity index (χ1v) is 6.88. The van der Waals surface area contributed by atoms with Gasteiger partial charge in [0, 0.05) is 18.6 Å². The number of nitrogens with zero attached hydrogens (tertiary/aromatic N) is 3. The van der Waals surface area contributed by atoms with Crippen LogP contribution in [0.25, 0.3) is 0 Å². The van der Waals surface area contributed by atoms with Crippen LogP contribution in [-0.2, 0) is 17.2 Å². The molecule has 2 aromatic rings. The van der Waals surface area contributed by atoms with Crippen LogP contribution in [-0.4, -0.2) is 27.9 Å². The first-order chi connectivity index (χ1) is 10.3. The van der Waals surface area contributed by atoms with Gasteiger partial charge in [-0.2, -0.15) is 0 Å². The summed E-state index contributed by atoms with van der Waals surface area (Å²) in [6.45, 7) is 0. The van der Waals surface area contributed by atoms with Crippen molar-refractivity contribution < 1.29 is 8.85 Å². The van der Waals surface area contributed by atoms with E-state index >= 15 is 0 Å². The molecule has 0 radical (unpaired) electrons. The molecule has 100 valence electrons. The van der Waals surface area contributed by atoms with Crippen molar-refractivity contribution in [2.45, 2.75) is 24.4 Å². The summed E-state index contributed by atoms with van der Waals surface area (Å²) in [5, 5.41) is 8.21. The third-order valence-electron chi connectivity index (χ3n) is 3.84. The fraction of sp³-hybridized carbons (Fsp3) is 0.429. The Morgan fingerprint density at radius 2 is 2.37 bits per heavy atom. The third kappa shape index (κ3) is 2.01. The van der Waals surface area contributed by atoms with E-state index in [1.807, 2.05) is 35.9 Å². The predicted molar refractivity (Wildman–Crippen MR) is 76.0 cm³/mol. The summed E-state index contributed by atoms with van der Waals surface area (Å²) >= 11 is 3.49. The van der Waals surface area contributed by atoms with Crippen molar-refractivity contribution in [2.24, 2.45) is 7.05 Å². The van der Waals surface area contributed by atoms with Gasteiger partial charge in [-0.15, -0.1) is 10.2 Å². The summed E-state index contributed by atoms with van der Waals surface area (Å²) in [5.41, 5.74) is 0.730. The van der Waals surface area contributed by atoms with Crippen molar-refractivity contribution in [3.05, 3.63) is 46.5 Å². The van der Waals surface area contributed by atoms with Gasteiger partial charge < -0.3 is 9.30 Å². The van der Waals surface area contributed by atoms with Gasteiger partial charge in [-0.05, 0) is 30.5 Å². The first kappa shape index (κ1) is 9.66. The number of ether oxygens (including phenoxy) is 1. The first-order valence-electron chi connectivity index (χ1n) is 7.58. The molecule has 0 unspecified atom stereocenters. The standard InChI is InChI=1S/C14H16BrN3O/c1-18-9-16-17-13(18)14(7-12(8-14)19-2)10-4-3-5-11(15)6-10/h3-6,9,12H,7-8H2,1-2H3/i2D3.